The number of amides is 3. The van der Waals surface area contributed by atoms with E-state index in [2.05, 4.69) is 20.8 Å². The molecule has 4 heterocycles. The van der Waals surface area contributed by atoms with Gasteiger partial charge in [-0.05, 0) is 18.8 Å². The molecule has 2 fully saturated rings. The summed E-state index contributed by atoms with van der Waals surface area (Å²) in [6.45, 7) is 7.70. The minimum Gasteiger partial charge on any atom is -0.394 e. The fourth-order valence-corrected chi connectivity index (χ4v) is 8.01. The third-order valence-electron chi connectivity index (χ3n) is 7.51. The van der Waals surface area contributed by atoms with E-state index in [0.29, 0.717) is 26.1 Å². The van der Waals surface area contributed by atoms with Gasteiger partial charge in [-0.3, -0.25) is 14.4 Å². The Balaban J connectivity index is 1.83. The number of likely N-dealkylation sites (tertiary alicyclic amines) is 1. The molecule has 182 valence electrons. The van der Waals surface area contributed by atoms with Crippen LogP contribution in [0.2, 0.25) is 0 Å². The predicted molar refractivity (Wildman–Crippen MR) is 129 cm³/mol. The second kappa shape index (κ2) is 9.45. The van der Waals surface area contributed by atoms with Gasteiger partial charge in [-0.1, -0.05) is 51.5 Å². The van der Waals surface area contributed by atoms with E-state index < -0.39 is 28.7 Å². The molecule has 33 heavy (non-hydrogen) atoms. The van der Waals surface area contributed by atoms with E-state index in [-0.39, 0.29) is 35.5 Å². The Morgan fingerprint density at radius 1 is 1.15 bits per heavy atom. The van der Waals surface area contributed by atoms with Crippen molar-refractivity contribution in [3.63, 3.8) is 0 Å². The van der Waals surface area contributed by atoms with Crippen molar-refractivity contribution in [3.8, 4) is 0 Å². The smallest absolute Gasteiger partial charge is 0.247 e. The first-order valence-electron chi connectivity index (χ1n) is 12.3. The standard InChI is InChI=1S/C25H37N3O4S/c1-5-6-12-27-13-8-10-25-20(19-18(33-25)9-7-11-26(4)22(19)30)23(31)28(21(25)24(27)32)17(15-29)14-16(2)3/h7-10,16-21,29H,5-6,11-15H2,1-4H3/t17-,18-,19+,20+,21?,25+/m1/s1. The number of likely N-dealkylation sites (N-methyl/N-ethyl adjacent to an activating group) is 1. The Morgan fingerprint density at radius 3 is 2.58 bits per heavy atom. The summed E-state index contributed by atoms with van der Waals surface area (Å²) in [6, 6.07) is -1.15. The van der Waals surface area contributed by atoms with Crippen LogP contribution < -0.4 is 0 Å². The fourth-order valence-electron chi connectivity index (χ4n) is 6.01. The monoisotopic (exact) mass is 475 g/mol. The van der Waals surface area contributed by atoms with Crippen molar-refractivity contribution in [2.75, 3.05) is 33.3 Å². The van der Waals surface area contributed by atoms with E-state index in [9.17, 15) is 19.5 Å². The number of carbonyl (C=O) groups excluding carboxylic acids is 3. The van der Waals surface area contributed by atoms with Crippen LogP contribution in [0.1, 0.15) is 40.0 Å². The van der Waals surface area contributed by atoms with Crippen LogP contribution in [-0.4, -0.2) is 92.9 Å². The number of nitrogens with zero attached hydrogens (tertiary/aromatic N) is 3. The molecule has 4 rings (SSSR count). The van der Waals surface area contributed by atoms with Crippen LogP contribution >= 0.6 is 11.8 Å². The predicted octanol–water partition coefficient (Wildman–Crippen LogP) is 1.92. The third-order valence-corrected chi connectivity index (χ3v) is 9.25. The van der Waals surface area contributed by atoms with Gasteiger partial charge in [-0.25, -0.2) is 0 Å². The maximum Gasteiger partial charge on any atom is 0.247 e. The van der Waals surface area contributed by atoms with Crippen molar-refractivity contribution in [3.05, 3.63) is 24.3 Å². The van der Waals surface area contributed by atoms with Gasteiger partial charge in [0.1, 0.15) is 6.04 Å². The number of thioether (sulfide) groups is 1. The van der Waals surface area contributed by atoms with E-state index in [1.54, 1.807) is 28.6 Å². The molecule has 6 atom stereocenters. The van der Waals surface area contributed by atoms with Crippen LogP contribution in [0.15, 0.2) is 24.3 Å². The number of hydrogen-bond donors (Lipinski definition) is 1. The Hall–Kier alpha value is -1.80. The molecule has 0 aromatic rings. The van der Waals surface area contributed by atoms with Crippen molar-refractivity contribution in [1.82, 2.24) is 14.7 Å². The van der Waals surface area contributed by atoms with Crippen LogP contribution in [0, 0.1) is 17.8 Å². The van der Waals surface area contributed by atoms with Crippen molar-refractivity contribution in [2.45, 2.75) is 62.1 Å². The van der Waals surface area contributed by atoms with E-state index in [1.807, 2.05) is 29.2 Å². The first-order valence-corrected chi connectivity index (χ1v) is 13.1. The van der Waals surface area contributed by atoms with Crippen LogP contribution in [-0.2, 0) is 14.4 Å². The van der Waals surface area contributed by atoms with E-state index in [1.165, 1.54) is 0 Å². The minimum absolute atomic E-state index is 0.0364. The highest BCUT2D eigenvalue weighted by Gasteiger charge is 2.71. The lowest BCUT2D eigenvalue weighted by Gasteiger charge is -2.39. The zero-order chi connectivity index (χ0) is 23.9. The second-order valence-corrected chi connectivity index (χ2v) is 11.7. The molecule has 0 saturated carbocycles. The lowest BCUT2D eigenvalue weighted by Crippen LogP contribution is -2.56. The number of carbonyl (C=O) groups is 3. The molecular weight excluding hydrogens is 438 g/mol. The Labute approximate surface area is 201 Å². The van der Waals surface area contributed by atoms with Gasteiger partial charge < -0.3 is 19.8 Å². The summed E-state index contributed by atoms with van der Waals surface area (Å²) < 4.78 is -0.799. The highest BCUT2D eigenvalue weighted by atomic mass is 32.2. The van der Waals surface area contributed by atoms with E-state index in [4.69, 9.17) is 0 Å². The summed E-state index contributed by atoms with van der Waals surface area (Å²) in [5.74, 6) is -1.11. The molecule has 0 aromatic carbocycles. The number of hydrogen-bond acceptors (Lipinski definition) is 5. The van der Waals surface area contributed by atoms with Gasteiger partial charge in [0.25, 0.3) is 0 Å². The first kappa shape index (κ1) is 24.3. The number of rotatable bonds is 7. The van der Waals surface area contributed by atoms with Gasteiger partial charge >= 0.3 is 0 Å². The average molecular weight is 476 g/mol. The molecule has 1 spiro atoms. The molecular formula is C25H37N3O4S. The normalized spacial score (nSPS) is 34.5. The Bertz CT molecular complexity index is 859. The Morgan fingerprint density at radius 2 is 1.91 bits per heavy atom. The molecule has 0 aliphatic carbocycles. The van der Waals surface area contributed by atoms with Gasteiger partial charge in [0, 0.05) is 31.9 Å². The lowest BCUT2D eigenvalue weighted by atomic mass is 9.78. The molecule has 4 aliphatic heterocycles. The van der Waals surface area contributed by atoms with Crippen LogP contribution in [0.5, 0.6) is 0 Å². The molecule has 4 aliphatic rings. The Kier molecular flexibility index (Phi) is 6.97. The molecule has 7 nitrogen and oxygen atoms in total. The van der Waals surface area contributed by atoms with E-state index >= 15 is 0 Å². The summed E-state index contributed by atoms with van der Waals surface area (Å²) in [7, 11) is 1.77. The third kappa shape index (κ3) is 3.93. The number of aliphatic hydroxyl groups is 1. The van der Waals surface area contributed by atoms with Crippen molar-refractivity contribution >= 4 is 29.5 Å². The first-order chi connectivity index (χ1) is 15.8. The maximum absolute atomic E-state index is 14.1. The van der Waals surface area contributed by atoms with Gasteiger partial charge in [0.2, 0.25) is 17.7 Å². The topological polar surface area (TPSA) is 81.2 Å². The largest absolute Gasteiger partial charge is 0.394 e. The molecule has 0 bridgehead atoms. The van der Waals surface area contributed by atoms with Crippen molar-refractivity contribution in [1.29, 1.82) is 0 Å². The maximum atomic E-state index is 14.1. The molecule has 3 amide bonds. The van der Waals surface area contributed by atoms with Gasteiger partial charge in [0.15, 0.2) is 0 Å². The summed E-state index contributed by atoms with van der Waals surface area (Å²) in [4.78, 5) is 46.8. The highest BCUT2D eigenvalue weighted by molar-refractivity contribution is 8.02. The molecule has 1 N–H and O–H groups in total. The fraction of sp³-hybridized carbons (Fsp3) is 0.720. The molecule has 0 radical (unpaired) electrons. The summed E-state index contributed by atoms with van der Waals surface area (Å²) in [6.07, 6.45) is 10.6. The van der Waals surface area contributed by atoms with Crippen LogP contribution in [0.25, 0.3) is 0 Å². The van der Waals surface area contributed by atoms with Crippen LogP contribution in [0.4, 0.5) is 0 Å². The van der Waals surface area contributed by atoms with Crippen molar-refractivity contribution < 1.29 is 19.5 Å². The number of fused-ring (bicyclic) bond motifs is 2. The SMILES string of the molecule is CCCCN1CC=C[C@]23S[C@@H]4C=CCN(C)C(=O)[C@@H]4[C@H]2C(=O)N([C@@H](CO)CC(C)C)C3C1=O. The zero-order valence-corrected chi connectivity index (χ0v) is 21.0. The lowest BCUT2D eigenvalue weighted by molar-refractivity contribution is -0.147. The zero-order valence-electron chi connectivity index (χ0n) is 20.1. The number of unbranched alkanes of at least 4 members (excludes halogenated alkanes) is 1. The van der Waals surface area contributed by atoms with E-state index in [0.717, 1.165) is 12.8 Å². The molecule has 2 saturated heterocycles. The number of aliphatic hydroxyl groups excluding tert-OH is 1. The second-order valence-electron chi connectivity index (χ2n) is 10.2. The summed E-state index contributed by atoms with van der Waals surface area (Å²) in [5, 5.41) is 10.2. The molecule has 1 unspecified atom stereocenters. The summed E-state index contributed by atoms with van der Waals surface area (Å²) >= 11 is 1.60. The molecule has 8 heteroatoms. The van der Waals surface area contributed by atoms with Gasteiger partial charge in [-0.2, -0.15) is 0 Å². The quantitative estimate of drug-likeness (QED) is 0.569. The van der Waals surface area contributed by atoms with Gasteiger partial charge in [-0.15, -0.1) is 11.8 Å². The highest BCUT2D eigenvalue weighted by Crippen LogP contribution is 2.61. The van der Waals surface area contributed by atoms with Crippen LogP contribution in [0.3, 0.4) is 0 Å². The van der Waals surface area contributed by atoms with Gasteiger partial charge in [0.05, 0.1) is 29.2 Å². The average Bonchev–Trinajstić information content (AvgIpc) is 3.11. The van der Waals surface area contributed by atoms with Crippen molar-refractivity contribution in [2.24, 2.45) is 17.8 Å². The molecule has 0 aromatic heterocycles. The summed E-state index contributed by atoms with van der Waals surface area (Å²) in [5.41, 5.74) is 0. The minimum atomic E-state index is -0.799.